The van der Waals surface area contributed by atoms with Crippen LogP contribution >= 0.6 is 34.8 Å². The summed E-state index contributed by atoms with van der Waals surface area (Å²) in [5.74, 6) is -0.418. The van der Waals surface area contributed by atoms with Gasteiger partial charge in [-0.2, -0.15) is 10.2 Å². The Hall–Kier alpha value is -3.47. The molecule has 0 spiro atoms. The van der Waals surface area contributed by atoms with Crippen LogP contribution in [0.4, 0.5) is 11.4 Å². The Balaban J connectivity index is 1.44. The van der Waals surface area contributed by atoms with Gasteiger partial charge in [-0.1, -0.05) is 34.8 Å². The van der Waals surface area contributed by atoms with E-state index in [1.807, 2.05) is 6.92 Å². The molecule has 0 bridgehead atoms. The second-order valence-corrected chi connectivity index (χ2v) is 8.71. The van der Waals surface area contributed by atoms with Crippen LogP contribution in [-0.4, -0.2) is 31.4 Å². The molecule has 4 rings (SSSR count). The molecule has 2 amide bonds. The lowest BCUT2D eigenvalue weighted by molar-refractivity contribution is 0.0992. The summed E-state index contributed by atoms with van der Waals surface area (Å²) in [6.07, 6.45) is 2.92. The minimum Gasteiger partial charge on any atom is -0.483 e. The quantitative estimate of drug-likeness (QED) is 0.339. The molecule has 13 heteroatoms. The molecular weight excluding hydrogens is 519 g/mol. The summed E-state index contributed by atoms with van der Waals surface area (Å²) in [6, 6.07) is 6.06. The van der Waals surface area contributed by atoms with Gasteiger partial charge < -0.3 is 19.8 Å². The molecular formula is C22H19Cl3N6O4. The van der Waals surface area contributed by atoms with Crippen molar-refractivity contribution in [2.75, 3.05) is 10.6 Å². The Bertz CT molecular complexity index is 1400. The number of ether oxygens (including phenoxy) is 1. The molecule has 2 N–H and O–H groups in total. The van der Waals surface area contributed by atoms with Gasteiger partial charge in [0, 0.05) is 19.1 Å². The van der Waals surface area contributed by atoms with Crippen LogP contribution in [0.25, 0.3) is 0 Å². The lowest BCUT2D eigenvalue weighted by atomic mass is 10.3. The van der Waals surface area contributed by atoms with E-state index in [0.717, 1.165) is 5.69 Å². The molecule has 0 aliphatic rings. The Labute approximate surface area is 214 Å². The average molecular weight is 538 g/mol. The Morgan fingerprint density at radius 1 is 0.971 bits per heavy atom. The number of benzene rings is 1. The highest BCUT2D eigenvalue weighted by Crippen LogP contribution is 2.36. The van der Waals surface area contributed by atoms with Gasteiger partial charge in [-0.3, -0.25) is 19.0 Å². The van der Waals surface area contributed by atoms with E-state index in [1.54, 1.807) is 31.0 Å². The number of rotatable bonds is 7. The van der Waals surface area contributed by atoms with Gasteiger partial charge in [0.25, 0.3) is 11.8 Å². The second-order valence-electron chi connectivity index (χ2n) is 7.46. The lowest BCUT2D eigenvalue weighted by Crippen LogP contribution is -2.20. The molecule has 0 aliphatic carbocycles. The zero-order valence-electron chi connectivity index (χ0n) is 18.7. The standard InChI is InChI=1S/C22H19Cl3N6O4/c1-11-16(8-26-30(11)2)28-22(33)19-17(9-27-31(19)3)29-21(32)18-5-4-13(35-18)10-34-20-14(24)6-12(23)7-15(20)25/h4-9H,10H2,1-3H3,(H,28,33)(H,29,32). The van der Waals surface area contributed by atoms with Crippen molar-refractivity contribution in [1.29, 1.82) is 0 Å². The highest BCUT2D eigenvalue weighted by Gasteiger charge is 2.22. The van der Waals surface area contributed by atoms with Crippen LogP contribution < -0.4 is 15.4 Å². The largest absolute Gasteiger partial charge is 0.483 e. The fourth-order valence-electron chi connectivity index (χ4n) is 3.17. The van der Waals surface area contributed by atoms with E-state index in [1.165, 1.54) is 29.1 Å². The SMILES string of the molecule is Cc1c(NC(=O)c2c(NC(=O)c3ccc(COc4c(Cl)cc(Cl)cc4Cl)o3)cnn2C)cnn1C. The molecule has 0 aliphatic heterocycles. The van der Waals surface area contributed by atoms with Crippen molar-refractivity contribution in [1.82, 2.24) is 19.6 Å². The van der Waals surface area contributed by atoms with Crippen LogP contribution in [0.3, 0.4) is 0 Å². The molecule has 0 fully saturated rings. The summed E-state index contributed by atoms with van der Waals surface area (Å²) in [6.45, 7) is 1.79. The Morgan fingerprint density at radius 2 is 1.60 bits per heavy atom. The van der Waals surface area contributed by atoms with Crippen LogP contribution in [0.1, 0.15) is 32.5 Å². The summed E-state index contributed by atoms with van der Waals surface area (Å²) in [5, 5.41) is 14.5. The van der Waals surface area contributed by atoms with Crippen LogP contribution in [0.15, 0.2) is 41.1 Å². The van der Waals surface area contributed by atoms with Gasteiger partial charge in [0.2, 0.25) is 0 Å². The predicted octanol–water partition coefficient (Wildman–Crippen LogP) is 5.10. The predicted molar refractivity (Wildman–Crippen MR) is 132 cm³/mol. The number of aromatic nitrogens is 4. The van der Waals surface area contributed by atoms with E-state index in [-0.39, 0.29) is 39.5 Å². The molecule has 0 atom stereocenters. The molecule has 35 heavy (non-hydrogen) atoms. The van der Waals surface area contributed by atoms with Crippen LogP contribution in [0.5, 0.6) is 5.75 Å². The Kier molecular flexibility index (Phi) is 7.06. The Morgan fingerprint density at radius 3 is 2.26 bits per heavy atom. The highest BCUT2D eigenvalue weighted by molar-refractivity contribution is 6.40. The van der Waals surface area contributed by atoms with Crippen LogP contribution in [-0.2, 0) is 20.7 Å². The first-order chi connectivity index (χ1) is 16.6. The third-order valence-corrected chi connectivity index (χ3v) is 5.87. The summed E-state index contributed by atoms with van der Waals surface area (Å²) in [7, 11) is 3.36. The normalized spacial score (nSPS) is 10.9. The van der Waals surface area contributed by atoms with E-state index < -0.39 is 11.8 Å². The fourth-order valence-corrected chi connectivity index (χ4v) is 4.10. The summed E-state index contributed by atoms with van der Waals surface area (Å²) in [4.78, 5) is 25.6. The number of hydrogen-bond donors (Lipinski definition) is 2. The highest BCUT2D eigenvalue weighted by atomic mass is 35.5. The van der Waals surface area contributed by atoms with Crippen molar-refractivity contribution in [2.45, 2.75) is 13.5 Å². The maximum atomic E-state index is 12.9. The number of anilines is 2. The summed E-state index contributed by atoms with van der Waals surface area (Å²) in [5.41, 5.74) is 1.69. The van der Waals surface area contributed by atoms with E-state index >= 15 is 0 Å². The zero-order chi connectivity index (χ0) is 25.3. The van der Waals surface area contributed by atoms with Gasteiger partial charge in [-0.05, 0) is 31.2 Å². The van der Waals surface area contributed by atoms with E-state index in [4.69, 9.17) is 44.0 Å². The van der Waals surface area contributed by atoms with Gasteiger partial charge in [-0.25, -0.2) is 0 Å². The van der Waals surface area contributed by atoms with Crippen LogP contribution in [0, 0.1) is 6.92 Å². The van der Waals surface area contributed by atoms with Crippen molar-refractivity contribution < 1.29 is 18.7 Å². The molecule has 4 aromatic rings. The smallest absolute Gasteiger partial charge is 0.291 e. The van der Waals surface area contributed by atoms with Crippen LogP contribution in [0.2, 0.25) is 15.1 Å². The molecule has 3 aromatic heterocycles. The van der Waals surface area contributed by atoms with E-state index in [9.17, 15) is 9.59 Å². The molecule has 0 saturated heterocycles. The number of carbonyl (C=O) groups is 2. The monoisotopic (exact) mass is 536 g/mol. The number of furan rings is 1. The summed E-state index contributed by atoms with van der Waals surface area (Å²) < 4.78 is 14.2. The number of carbonyl (C=O) groups excluding carboxylic acids is 2. The number of nitrogens with zero attached hydrogens (tertiary/aromatic N) is 4. The minimum atomic E-state index is -0.571. The number of halogens is 3. The van der Waals surface area contributed by atoms with Crippen molar-refractivity contribution in [3.05, 3.63) is 74.6 Å². The maximum Gasteiger partial charge on any atom is 0.291 e. The van der Waals surface area contributed by atoms with Gasteiger partial charge in [-0.15, -0.1) is 0 Å². The minimum absolute atomic E-state index is 0.00946. The van der Waals surface area contributed by atoms with Gasteiger partial charge in [0.05, 0.1) is 39.5 Å². The van der Waals surface area contributed by atoms with E-state index in [2.05, 4.69) is 20.8 Å². The van der Waals surface area contributed by atoms with Crippen molar-refractivity contribution in [2.24, 2.45) is 14.1 Å². The molecule has 10 nitrogen and oxygen atoms in total. The number of hydrogen-bond acceptors (Lipinski definition) is 6. The molecule has 1 aromatic carbocycles. The lowest BCUT2D eigenvalue weighted by Gasteiger charge is -2.09. The van der Waals surface area contributed by atoms with Gasteiger partial charge in [0.15, 0.2) is 11.5 Å². The first-order valence-corrected chi connectivity index (χ1v) is 11.3. The average Bonchev–Trinajstić information content (AvgIpc) is 3.49. The van der Waals surface area contributed by atoms with Crippen molar-refractivity contribution in [3.8, 4) is 5.75 Å². The maximum absolute atomic E-state index is 12.9. The first-order valence-electron chi connectivity index (χ1n) is 10.1. The third-order valence-electron chi connectivity index (χ3n) is 5.09. The fraction of sp³-hybridized carbons (Fsp3) is 0.182. The van der Waals surface area contributed by atoms with Crippen molar-refractivity contribution >= 4 is 58.0 Å². The second kappa shape index (κ2) is 10.0. The molecule has 3 heterocycles. The first kappa shape index (κ1) is 24.6. The number of nitrogens with one attached hydrogen (secondary N) is 2. The molecule has 0 saturated carbocycles. The number of amides is 2. The van der Waals surface area contributed by atoms with Crippen molar-refractivity contribution in [3.63, 3.8) is 0 Å². The third kappa shape index (κ3) is 5.29. The molecule has 0 unspecified atom stereocenters. The zero-order valence-corrected chi connectivity index (χ0v) is 21.0. The number of aryl methyl sites for hydroxylation is 2. The van der Waals surface area contributed by atoms with Gasteiger partial charge in [0.1, 0.15) is 18.1 Å². The van der Waals surface area contributed by atoms with Gasteiger partial charge >= 0.3 is 0 Å². The summed E-state index contributed by atoms with van der Waals surface area (Å²) >= 11 is 18.1. The molecule has 0 radical (unpaired) electrons. The van der Waals surface area contributed by atoms with E-state index in [0.29, 0.717) is 16.5 Å². The topological polar surface area (TPSA) is 116 Å². The molecule has 182 valence electrons.